The van der Waals surface area contributed by atoms with Crippen LogP contribution in [0.2, 0.25) is 0 Å². The molecule has 0 spiro atoms. The van der Waals surface area contributed by atoms with E-state index < -0.39 is 0 Å². The molecule has 0 atom stereocenters. The molecule has 29 heavy (non-hydrogen) atoms. The van der Waals surface area contributed by atoms with Crippen LogP contribution in [0.1, 0.15) is 102 Å². The summed E-state index contributed by atoms with van der Waals surface area (Å²) in [5.41, 5.74) is 4.29. The highest BCUT2D eigenvalue weighted by Gasteiger charge is 2.22. The molecule has 1 heteroatoms. The van der Waals surface area contributed by atoms with Crippen molar-refractivity contribution in [2.75, 3.05) is 0 Å². The standard InChI is InChI=1S/C28H39F/c1-3-5-7-9-22-11-14-24(15-12-22)25-16-18-26(19-17-25)27-20-13-23(21-28(27)29)10-8-6-4-2/h13,16-22,24H,3-12,14-15H2,1-2H3/t22-,24-. The summed E-state index contributed by atoms with van der Waals surface area (Å²) in [6.07, 6.45) is 15.5. The Kier molecular flexibility index (Phi) is 8.77. The van der Waals surface area contributed by atoms with E-state index in [2.05, 4.69) is 44.2 Å². The Morgan fingerprint density at radius 1 is 0.793 bits per heavy atom. The first-order valence-corrected chi connectivity index (χ1v) is 12.1. The Hall–Kier alpha value is -1.63. The smallest absolute Gasteiger partial charge is 0.131 e. The molecular formula is C28H39F. The average Bonchev–Trinajstić information content (AvgIpc) is 2.75. The lowest BCUT2D eigenvalue weighted by Crippen LogP contribution is -2.13. The van der Waals surface area contributed by atoms with Crippen molar-refractivity contribution in [1.82, 2.24) is 0 Å². The summed E-state index contributed by atoms with van der Waals surface area (Å²) in [5.74, 6) is 1.55. The molecule has 1 aliphatic rings. The predicted molar refractivity (Wildman–Crippen MR) is 124 cm³/mol. The van der Waals surface area contributed by atoms with Gasteiger partial charge < -0.3 is 0 Å². The third-order valence-corrected chi connectivity index (χ3v) is 6.86. The Labute approximate surface area is 177 Å². The molecule has 1 fully saturated rings. The molecular weight excluding hydrogens is 355 g/mol. The van der Waals surface area contributed by atoms with Crippen LogP contribution in [0.15, 0.2) is 42.5 Å². The van der Waals surface area contributed by atoms with Crippen LogP contribution in [0, 0.1) is 11.7 Å². The van der Waals surface area contributed by atoms with E-state index in [1.54, 1.807) is 6.07 Å². The number of aryl methyl sites for hydroxylation is 1. The SMILES string of the molecule is CCCCCc1ccc(-c2ccc([C@H]3CC[C@H](CCCCC)CC3)cc2)c(F)c1. The van der Waals surface area contributed by atoms with Crippen LogP contribution >= 0.6 is 0 Å². The maximum atomic E-state index is 14.7. The van der Waals surface area contributed by atoms with Crippen LogP contribution in [0.3, 0.4) is 0 Å². The molecule has 1 saturated carbocycles. The van der Waals surface area contributed by atoms with Gasteiger partial charge in [0.2, 0.25) is 0 Å². The van der Waals surface area contributed by atoms with Crippen molar-refractivity contribution in [2.24, 2.45) is 5.92 Å². The van der Waals surface area contributed by atoms with Gasteiger partial charge in [-0.15, -0.1) is 0 Å². The van der Waals surface area contributed by atoms with Gasteiger partial charge in [-0.3, -0.25) is 0 Å². The fraction of sp³-hybridized carbons (Fsp3) is 0.571. The second kappa shape index (κ2) is 11.5. The Morgan fingerprint density at radius 3 is 2.14 bits per heavy atom. The summed E-state index contributed by atoms with van der Waals surface area (Å²) >= 11 is 0. The van der Waals surface area contributed by atoms with E-state index in [0.29, 0.717) is 5.92 Å². The van der Waals surface area contributed by atoms with Crippen LogP contribution in [-0.2, 0) is 6.42 Å². The number of hydrogen-bond acceptors (Lipinski definition) is 0. The minimum atomic E-state index is -0.0839. The first-order chi connectivity index (χ1) is 14.2. The van der Waals surface area contributed by atoms with E-state index >= 15 is 0 Å². The van der Waals surface area contributed by atoms with Gasteiger partial charge in [0.25, 0.3) is 0 Å². The van der Waals surface area contributed by atoms with E-state index in [-0.39, 0.29) is 5.82 Å². The quantitative estimate of drug-likeness (QED) is 0.352. The minimum Gasteiger partial charge on any atom is -0.206 e. The van der Waals surface area contributed by atoms with E-state index in [1.807, 2.05) is 6.07 Å². The second-order valence-electron chi connectivity index (χ2n) is 9.11. The van der Waals surface area contributed by atoms with Crippen LogP contribution in [0.4, 0.5) is 4.39 Å². The van der Waals surface area contributed by atoms with Gasteiger partial charge in [-0.2, -0.15) is 0 Å². The minimum absolute atomic E-state index is 0.0839. The summed E-state index contributed by atoms with van der Waals surface area (Å²) in [4.78, 5) is 0. The van der Waals surface area contributed by atoms with Crippen molar-refractivity contribution >= 4 is 0 Å². The maximum Gasteiger partial charge on any atom is 0.131 e. The molecule has 2 aromatic carbocycles. The molecule has 0 radical (unpaired) electrons. The van der Waals surface area contributed by atoms with Crippen molar-refractivity contribution in [3.63, 3.8) is 0 Å². The Balaban J connectivity index is 1.56. The monoisotopic (exact) mass is 394 g/mol. The molecule has 0 N–H and O–H groups in total. The van der Waals surface area contributed by atoms with Gasteiger partial charge >= 0.3 is 0 Å². The van der Waals surface area contributed by atoms with Gasteiger partial charge in [-0.05, 0) is 73.1 Å². The van der Waals surface area contributed by atoms with Crippen molar-refractivity contribution < 1.29 is 4.39 Å². The fourth-order valence-electron chi connectivity index (χ4n) is 4.93. The number of rotatable bonds is 10. The zero-order valence-corrected chi connectivity index (χ0v) is 18.6. The van der Waals surface area contributed by atoms with Crippen molar-refractivity contribution in [2.45, 2.75) is 96.8 Å². The Bertz CT molecular complexity index is 722. The summed E-state index contributed by atoms with van der Waals surface area (Å²) in [7, 11) is 0. The summed E-state index contributed by atoms with van der Waals surface area (Å²) in [6, 6.07) is 14.5. The van der Waals surface area contributed by atoms with E-state index in [4.69, 9.17) is 0 Å². The van der Waals surface area contributed by atoms with Crippen LogP contribution in [-0.4, -0.2) is 0 Å². The number of halogens is 1. The van der Waals surface area contributed by atoms with E-state index in [1.165, 1.54) is 69.8 Å². The maximum absolute atomic E-state index is 14.7. The molecule has 0 unspecified atom stereocenters. The Morgan fingerprint density at radius 2 is 1.48 bits per heavy atom. The largest absolute Gasteiger partial charge is 0.206 e. The molecule has 0 bridgehead atoms. The predicted octanol–water partition coefficient (Wildman–Crippen LogP) is 9.08. The zero-order chi connectivity index (χ0) is 20.5. The molecule has 0 amide bonds. The fourth-order valence-corrected chi connectivity index (χ4v) is 4.93. The first-order valence-electron chi connectivity index (χ1n) is 12.1. The topological polar surface area (TPSA) is 0 Å². The van der Waals surface area contributed by atoms with E-state index in [9.17, 15) is 4.39 Å². The van der Waals surface area contributed by atoms with Gasteiger partial charge in [-0.1, -0.05) is 88.8 Å². The van der Waals surface area contributed by atoms with Crippen LogP contribution in [0.5, 0.6) is 0 Å². The molecule has 0 aromatic heterocycles. The molecule has 0 saturated heterocycles. The third kappa shape index (κ3) is 6.43. The molecule has 2 aromatic rings. The third-order valence-electron chi connectivity index (χ3n) is 6.86. The molecule has 3 rings (SSSR count). The van der Waals surface area contributed by atoms with Gasteiger partial charge in [-0.25, -0.2) is 4.39 Å². The first kappa shape index (κ1) is 22.1. The lowest BCUT2D eigenvalue weighted by atomic mass is 9.77. The van der Waals surface area contributed by atoms with Crippen molar-refractivity contribution in [1.29, 1.82) is 0 Å². The molecule has 0 aliphatic heterocycles. The highest BCUT2D eigenvalue weighted by Crippen LogP contribution is 2.38. The van der Waals surface area contributed by atoms with E-state index in [0.717, 1.165) is 35.4 Å². The lowest BCUT2D eigenvalue weighted by Gasteiger charge is -2.29. The highest BCUT2D eigenvalue weighted by molar-refractivity contribution is 5.65. The molecule has 0 nitrogen and oxygen atoms in total. The van der Waals surface area contributed by atoms with Gasteiger partial charge in [0.1, 0.15) is 5.82 Å². The van der Waals surface area contributed by atoms with Crippen LogP contribution < -0.4 is 0 Å². The molecule has 158 valence electrons. The van der Waals surface area contributed by atoms with Crippen molar-refractivity contribution in [3.05, 3.63) is 59.4 Å². The van der Waals surface area contributed by atoms with Gasteiger partial charge in [0.15, 0.2) is 0 Å². The average molecular weight is 395 g/mol. The molecule has 0 heterocycles. The zero-order valence-electron chi connectivity index (χ0n) is 18.6. The number of hydrogen-bond donors (Lipinski definition) is 0. The summed E-state index contributed by atoms with van der Waals surface area (Å²) in [6.45, 7) is 4.49. The van der Waals surface area contributed by atoms with Gasteiger partial charge in [0, 0.05) is 5.56 Å². The number of benzene rings is 2. The lowest BCUT2D eigenvalue weighted by molar-refractivity contribution is 0.303. The van der Waals surface area contributed by atoms with Gasteiger partial charge in [0.05, 0.1) is 0 Å². The summed E-state index contributed by atoms with van der Waals surface area (Å²) < 4.78 is 14.7. The van der Waals surface area contributed by atoms with Crippen LogP contribution in [0.25, 0.3) is 11.1 Å². The molecule has 1 aliphatic carbocycles. The second-order valence-corrected chi connectivity index (χ2v) is 9.11. The van der Waals surface area contributed by atoms with Crippen molar-refractivity contribution in [3.8, 4) is 11.1 Å². The number of unbranched alkanes of at least 4 members (excludes halogenated alkanes) is 4. The summed E-state index contributed by atoms with van der Waals surface area (Å²) in [5, 5.41) is 0. The highest BCUT2D eigenvalue weighted by atomic mass is 19.1. The normalized spacial score (nSPS) is 19.4.